The van der Waals surface area contributed by atoms with Crippen LogP contribution in [0.1, 0.15) is 49.6 Å². The van der Waals surface area contributed by atoms with E-state index < -0.39 is 29.6 Å². The average Bonchev–Trinajstić information content (AvgIpc) is 3.31. The number of anilines is 2. The van der Waals surface area contributed by atoms with Crippen LogP contribution >= 0.6 is 0 Å². The van der Waals surface area contributed by atoms with Gasteiger partial charge in [-0.2, -0.15) is 18.3 Å². The van der Waals surface area contributed by atoms with Crippen molar-refractivity contribution in [1.29, 1.82) is 0 Å². The van der Waals surface area contributed by atoms with Gasteiger partial charge >= 0.3 is 18.0 Å². The number of nitrogens with one attached hydrogen (secondary N) is 1. The van der Waals surface area contributed by atoms with E-state index in [-0.39, 0.29) is 17.7 Å². The van der Waals surface area contributed by atoms with Crippen LogP contribution in [0.15, 0.2) is 36.7 Å². The number of likely N-dealkylation sites (N-methyl/N-ethyl adjacent to an activating group) is 1. The van der Waals surface area contributed by atoms with Crippen LogP contribution in [-0.2, 0) is 20.5 Å². The van der Waals surface area contributed by atoms with Crippen LogP contribution in [0.3, 0.4) is 0 Å². The summed E-state index contributed by atoms with van der Waals surface area (Å²) in [6.07, 6.45) is 1.06. The third kappa shape index (κ3) is 5.06. The molecule has 2 aromatic heterocycles. The lowest BCUT2D eigenvalue weighted by Crippen LogP contribution is -2.38. The molecule has 2 atom stereocenters. The lowest BCUT2D eigenvalue weighted by Gasteiger charge is -2.25. The van der Waals surface area contributed by atoms with Gasteiger partial charge in [-0.15, -0.1) is 0 Å². The highest BCUT2D eigenvalue weighted by molar-refractivity contribution is 6.40. The van der Waals surface area contributed by atoms with E-state index in [0.29, 0.717) is 23.1 Å². The molecular weight excluding hydrogens is 465 g/mol. The summed E-state index contributed by atoms with van der Waals surface area (Å²) in [6, 6.07) is 3.79. The number of pyridine rings is 1. The van der Waals surface area contributed by atoms with Crippen molar-refractivity contribution in [3.8, 4) is 0 Å². The van der Waals surface area contributed by atoms with Crippen LogP contribution in [0.2, 0.25) is 0 Å². The Morgan fingerprint density at radius 2 is 1.97 bits per heavy atom. The van der Waals surface area contributed by atoms with E-state index in [1.54, 1.807) is 17.8 Å². The third-order valence-electron chi connectivity index (χ3n) is 6.11. The topological polar surface area (TPSA) is 115 Å². The van der Waals surface area contributed by atoms with Gasteiger partial charge in [0.25, 0.3) is 0 Å². The Bertz CT molecular complexity index is 1240. The zero-order valence-corrected chi connectivity index (χ0v) is 19.2. The molecule has 3 heterocycles. The molecule has 3 N–H and O–H groups in total. The number of nitrogens with zero attached hydrogens (tertiary/aromatic N) is 4. The number of hydrogen-bond donors (Lipinski definition) is 2. The standard InChI is InChI=1S/C23H25F3N6O3/c1-13(14-6-8-15(9-7-14)23(24,25)26)31(2)22(34)21(33)29-17-11-28-20(27)16-12-32(30-19(16)17)18-5-3-4-10-35-18/h6-9,11-13,18H,3-5,10H2,1-2H3,(H2,27,28)(H,29,33). The van der Waals surface area contributed by atoms with Crippen LogP contribution < -0.4 is 11.1 Å². The zero-order chi connectivity index (χ0) is 25.3. The van der Waals surface area contributed by atoms with Gasteiger partial charge in [-0.05, 0) is 43.9 Å². The first kappa shape index (κ1) is 24.5. The third-order valence-corrected chi connectivity index (χ3v) is 6.11. The first-order valence-electron chi connectivity index (χ1n) is 11.1. The predicted octanol–water partition coefficient (Wildman–Crippen LogP) is 3.89. The van der Waals surface area contributed by atoms with E-state index in [0.717, 1.165) is 36.3 Å². The molecule has 3 aromatic rings. The maximum absolute atomic E-state index is 12.8. The Hall–Kier alpha value is -3.67. The number of benzene rings is 1. The van der Waals surface area contributed by atoms with Crippen molar-refractivity contribution in [2.45, 2.75) is 44.6 Å². The summed E-state index contributed by atoms with van der Waals surface area (Å²) in [6.45, 7) is 2.23. The molecule has 1 aromatic carbocycles. The van der Waals surface area contributed by atoms with Crippen molar-refractivity contribution in [2.75, 3.05) is 24.7 Å². The van der Waals surface area contributed by atoms with E-state index in [1.807, 2.05) is 0 Å². The van der Waals surface area contributed by atoms with E-state index in [4.69, 9.17) is 10.5 Å². The Balaban J connectivity index is 1.50. The molecule has 1 fully saturated rings. The largest absolute Gasteiger partial charge is 0.416 e. The molecule has 12 heteroatoms. The Labute approximate surface area is 199 Å². The number of carbonyl (C=O) groups excluding carboxylic acids is 2. The van der Waals surface area contributed by atoms with Gasteiger partial charge in [0.1, 0.15) is 17.6 Å². The molecular formula is C23H25F3N6O3. The number of nitrogen functional groups attached to an aromatic ring is 1. The molecule has 1 aliphatic rings. The van der Waals surface area contributed by atoms with Crippen LogP contribution in [0.5, 0.6) is 0 Å². The van der Waals surface area contributed by atoms with Gasteiger partial charge in [-0.25, -0.2) is 9.67 Å². The summed E-state index contributed by atoms with van der Waals surface area (Å²) < 4.78 is 45.8. The second-order valence-electron chi connectivity index (χ2n) is 8.42. The summed E-state index contributed by atoms with van der Waals surface area (Å²) in [4.78, 5) is 30.8. The minimum absolute atomic E-state index is 0.206. The van der Waals surface area contributed by atoms with Crippen molar-refractivity contribution in [3.63, 3.8) is 0 Å². The molecule has 9 nitrogen and oxygen atoms in total. The summed E-state index contributed by atoms with van der Waals surface area (Å²) in [5.41, 5.74) is 6.21. The highest BCUT2D eigenvalue weighted by atomic mass is 19.4. The fourth-order valence-corrected chi connectivity index (χ4v) is 3.90. The van der Waals surface area contributed by atoms with Crippen LogP contribution in [0.4, 0.5) is 24.7 Å². The van der Waals surface area contributed by atoms with E-state index in [9.17, 15) is 22.8 Å². The second-order valence-corrected chi connectivity index (χ2v) is 8.42. The van der Waals surface area contributed by atoms with Crippen molar-refractivity contribution in [1.82, 2.24) is 19.7 Å². The lowest BCUT2D eigenvalue weighted by molar-refractivity contribution is -0.143. The van der Waals surface area contributed by atoms with Gasteiger partial charge < -0.3 is 20.7 Å². The van der Waals surface area contributed by atoms with E-state index >= 15 is 0 Å². The van der Waals surface area contributed by atoms with Crippen LogP contribution in [0.25, 0.3) is 10.9 Å². The molecule has 0 saturated carbocycles. The summed E-state index contributed by atoms with van der Waals surface area (Å²) in [5.74, 6) is -1.60. The molecule has 1 saturated heterocycles. The normalized spacial score (nSPS) is 17.2. The predicted molar refractivity (Wildman–Crippen MR) is 122 cm³/mol. The van der Waals surface area contributed by atoms with Gasteiger partial charge in [0.2, 0.25) is 0 Å². The maximum Gasteiger partial charge on any atom is 0.416 e. The Morgan fingerprint density at radius 1 is 1.26 bits per heavy atom. The van der Waals surface area contributed by atoms with Crippen molar-refractivity contribution < 1.29 is 27.5 Å². The molecule has 0 spiro atoms. The molecule has 1 aliphatic heterocycles. The molecule has 0 bridgehead atoms. The first-order chi connectivity index (χ1) is 16.6. The summed E-state index contributed by atoms with van der Waals surface area (Å²) in [7, 11) is 1.40. The summed E-state index contributed by atoms with van der Waals surface area (Å²) in [5, 5.41) is 7.55. The smallest absolute Gasteiger partial charge is 0.383 e. The van der Waals surface area contributed by atoms with Crippen molar-refractivity contribution in [2.24, 2.45) is 0 Å². The average molecular weight is 490 g/mol. The quantitative estimate of drug-likeness (QED) is 0.536. The summed E-state index contributed by atoms with van der Waals surface area (Å²) >= 11 is 0. The zero-order valence-electron chi connectivity index (χ0n) is 19.2. The molecule has 0 aliphatic carbocycles. The highest BCUT2D eigenvalue weighted by Crippen LogP contribution is 2.31. The molecule has 2 unspecified atom stereocenters. The SMILES string of the molecule is CC(c1ccc(C(F)(F)F)cc1)N(C)C(=O)C(=O)Nc1cnc(N)c2cn(C3CCCCO3)nc12. The molecule has 4 rings (SSSR count). The number of nitrogens with two attached hydrogens (primary N) is 1. The molecule has 186 valence electrons. The number of rotatable bonds is 4. The van der Waals surface area contributed by atoms with Crippen LogP contribution in [-0.4, -0.2) is 45.1 Å². The number of ether oxygens (including phenoxy) is 1. The number of hydrogen-bond acceptors (Lipinski definition) is 6. The Morgan fingerprint density at radius 3 is 2.60 bits per heavy atom. The molecule has 35 heavy (non-hydrogen) atoms. The van der Waals surface area contributed by atoms with Crippen molar-refractivity contribution >= 4 is 34.2 Å². The number of amides is 2. The number of alkyl halides is 3. The molecule has 2 amide bonds. The van der Waals surface area contributed by atoms with Gasteiger partial charge in [-0.3, -0.25) is 9.59 Å². The van der Waals surface area contributed by atoms with Gasteiger partial charge in [0.05, 0.1) is 28.9 Å². The van der Waals surface area contributed by atoms with E-state index in [1.165, 1.54) is 25.4 Å². The minimum atomic E-state index is -4.46. The number of carbonyl (C=O) groups is 2. The van der Waals surface area contributed by atoms with Gasteiger partial charge in [0.15, 0.2) is 0 Å². The van der Waals surface area contributed by atoms with Crippen molar-refractivity contribution in [3.05, 3.63) is 47.8 Å². The minimum Gasteiger partial charge on any atom is -0.383 e. The van der Waals surface area contributed by atoms with Gasteiger partial charge in [-0.1, -0.05) is 12.1 Å². The number of fused-ring (bicyclic) bond motifs is 1. The lowest BCUT2D eigenvalue weighted by atomic mass is 10.0. The Kier molecular flexibility index (Phi) is 6.66. The maximum atomic E-state index is 12.8. The van der Waals surface area contributed by atoms with Crippen LogP contribution in [0, 0.1) is 0 Å². The molecule has 0 radical (unpaired) electrons. The number of aromatic nitrogens is 3. The second kappa shape index (κ2) is 9.53. The fraction of sp³-hybridized carbons (Fsp3) is 0.391. The number of halogens is 3. The monoisotopic (exact) mass is 490 g/mol. The van der Waals surface area contributed by atoms with Gasteiger partial charge in [0, 0.05) is 19.9 Å². The fourth-order valence-electron chi connectivity index (χ4n) is 3.90. The van der Waals surface area contributed by atoms with E-state index in [2.05, 4.69) is 15.4 Å². The highest BCUT2D eigenvalue weighted by Gasteiger charge is 2.31. The first-order valence-corrected chi connectivity index (χ1v) is 11.1.